The van der Waals surface area contributed by atoms with Crippen molar-refractivity contribution in [1.82, 2.24) is 10.2 Å². The number of fused-ring (bicyclic) bond motifs is 2. The van der Waals surface area contributed by atoms with E-state index in [9.17, 15) is 19.2 Å². The van der Waals surface area contributed by atoms with E-state index < -0.39 is 35.5 Å². The summed E-state index contributed by atoms with van der Waals surface area (Å²) in [6.07, 6.45) is 3.22. The maximum absolute atomic E-state index is 12.5. The summed E-state index contributed by atoms with van der Waals surface area (Å²) in [6, 6.07) is -0.924. The predicted octanol–water partition coefficient (Wildman–Crippen LogP) is -0.816. The minimum atomic E-state index is -0.924. The molecule has 7 heteroatoms. The molecule has 3 heterocycles. The van der Waals surface area contributed by atoms with Crippen molar-refractivity contribution in [3.63, 3.8) is 0 Å². The van der Waals surface area contributed by atoms with Crippen molar-refractivity contribution in [1.29, 1.82) is 0 Å². The Hall–Kier alpha value is -2.28. The molecule has 0 radical (unpaired) electrons. The zero-order valence-corrected chi connectivity index (χ0v) is 11.2. The second kappa shape index (κ2) is 3.67. The van der Waals surface area contributed by atoms with Crippen LogP contribution in [0.1, 0.15) is 19.8 Å². The Morgan fingerprint density at radius 2 is 2.05 bits per heavy atom. The molecule has 7 nitrogen and oxygen atoms in total. The van der Waals surface area contributed by atoms with Crippen molar-refractivity contribution in [2.75, 3.05) is 0 Å². The van der Waals surface area contributed by atoms with Gasteiger partial charge in [-0.2, -0.15) is 0 Å². The predicted molar refractivity (Wildman–Crippen MR) is 67.5 cm³/mol. The van der Waals surface area contributed by atoms with Crippen LogP contribution in [0, 0.1) is 0 Å². The molecule has 4 amide bonds. The third-order valence-corrected chi connectivity index (χ3v) is 4.39. The quantitative estimate of drug-likeness (QED) is 0.502. The van der Waals surface area contributed by atoms with E-state index in [0.29, 0.717) is 11.1 Å². The number of piperidine rings is 1. The molecule has 0 aromatic carbocycles. The van der Waals surface area contributed by atoms with E-state index >= 15 is 0 Å². The van der Waals surface area contributed by atoms with Crippen LogP contribution < -0.4 is 5.32 Å². The molecule has 0 spiro atoms. The molecule has 4 rings (SSSR count). The van der Waals surface area contributed by atoms with Crippen LogP contribution in [0.5, 0.6) is 0 Å². The summed E-state index contributed by atoms with van der Waals surface area (Å²) in [5.74, 6) is -1.96. The molecule has 3 aliphatic heterocycles. The number of ether oxygens (including phenoxy) is 1. The second-order valence-electron chi connectivity index (χ2n) is 5.79. The topological polar surface area (TPSA) is 96.1 Å². The Balaban J connectivity index is 1.67. The molecule has 3 unspecified atom stereocenters. The summed E-state index contributed by atoms with van der Waals surface area (Å²) in [6.45, 7) is 1.84. The highest BCUT2D eigenvalue weighted by atomic mass is 16.6. The van der Waals surface area contributed by atoms with Gasteiger partial charge in [-0.3, -0.25) is 29.4 Å². The summed E-state index contributed by atoms with van der Waals surface area (Å²) in [7, 11) is 0. The molecule has 1 N–H and O–H groups in total. The lowest BCUT2D eigenvalue weighted by Crippen LogP contribution is -2.54. The Morgan fingerprint density at radius 3 is 2.76 bits per heavy atom. The first kappa shape index (κ1) is 12.5. The Bertz CT molecular complexity index is 691. The summed E-state index contributed by atoms with van der Waals surface area (Å²) < 4.78 is 5.48. The van der Waals surface area contributed by atoms with Crippen molar-refractivity contribution in [2.24, 2.45) is 0 Å². The molecule has 2 fully saturated rings. The fraction of sp³-hybridized carbons (Fsp3) is 0.429. The van der Waals surface area contributed by atoms with Crippen LogP contribution in [0.3, 0.4) is 0 Å². The first-order valence-electron chi connectivity index (χ1n) is 6.75. The maximum Gasteiger partial charge on any atom is 0.262 e. The number of hydrogen-bond donors (Lipinski definition) is 1. The summed E-state index contributed by atoms with van der Waals surface area (Å²) in [5.41, 5.74) is 0.106. The number of nitrogens with one attached hydrogen (secondary N) is 1. The van der Waals surface area contributed by atoms with Gasteiger partial charge in [-0.25, -0.2) is 0 Å². The normalized spacial score (nSPS) is 37.7. The summed E-state index contributed by atoms with van der Waals surface area (Å²) in [4.78, 5) is 49.0. The van der Waals surface area contributed by atoms with Crippen LogP contribution in [-0.2, 0) is 23.9 Å². The zero-order chi connectivity index (χ0) is 14.9. The van der Waals surface area contributed by atoms with Crippen LogP contribution in [0.25, 0.3) is 0 Å². The molecule has 0 bridgehead atoms. The highest BCUT2D eigenvalue weighted by molar-refractivity contribution is 6.24. The van der Waals surface area contributed by atoms with Crippen LogP contribution in [0.15, 0.2) is 23.3 Å². The Morgan fingerprint density at radius 1 is 1.29 bits per heavy atom. The third kappa shape index (κ3) is 1.52. The first-order valence-corrected chi connectivity index (χ1v) is 6.75. The minimum Gasteiger partial charge on any atom is -0.357 e. The van der Waals surface area contributed by atoms with Crippen LogP contribution in [-0.4, -0.2) is 46.3 Å². The Labute approximate surface area is 119 Å². The van der Waals surface area contributed by atoms with Crippen molar-refractivity contribution in [3.05, 3.63) is 23.3 Å². The van der Waals surface area contributed by atoms with E-state index in [1.54, 1.807) is 12.2 Å². The molecule has 3 atom stereocenters. The van der Waals surface area contributed by atoms with E-state index in [4.69, 9.17) is 4.74 Å². The highest BCUT2D eigenvalue weighted by Crippen LogP contribution is 2.49. The van der Waals surface area contributed by atoms with Crippen LogP contribution in [0.2, 0.25) is 0 Å². The van der Waals surface area contributed by atoms with Gasteiger partial charge >= 0.3 is 0 Å². The average molecular weight is 288 g/mol. The van der Waals surface area contributed by atoms with Gasteiger partial charge in [0.2, 0.25) is 11.8 Å². The smallest absolute Gasteiger partial charge is 0.262 e. The van der Waals surface area contributed by atoms with Crippen LogP contribution >= 0.6 is 0 Å². The van der Waals surface area contributed by atoms with Gasteiger partial charge < -0.3 is 4.74 Å². The average Bonchev–Trinajstić information content (AvgIpc) is 3.04. The van der Waals surface area contributed by atoms with Crippen molar-refractivity contribution in [2.45, 2.75) is 37.5 Å². The molecular weight excluding hydrogens is 276 g/mol. The van der Waals surface area contributed by atoms with Gasteiger partial charge in [0, 0.05) is 6.42 Å². The summed E-state index contributed by atoms with van der Waals surface area (Å²) >= 11 is 0. The van der Waals surface area contributed by atoms with Crippen molar-refractivity contribution >= 4 is 23.6 Å². The number of epoxide rings is 1. The molecule has 108 valence electrons. The second-order valence-corrected chi connectivity index (χ2v) is 5.79. The summed E-state index contributed by atoms with van der Waals surface area (Å²) in [5, 5.41) is 2.17. The monoisotopic (exact) mass is 288 g/mol. The fourth-order valence-corrected chi connectivity index (χ4v) is 3.15. The molecule has 0 aromatic heterocycles. The molecule has 2 saturated heterocycles. The molecular formula is C14H12N2O5. The van der Waals surface area contributed by atoms with Gasteiger partial charge in [0.15, 0.2) is 0 Å². The lowest BCUT2D eigenvalue weighted by atomic mass is 9.92. The van der Waals surface area contributed by atoms with E-state index in [2.05, 4.69) is 5.32 Å². The van der Waals surface area contributed by atoms with Gasteiger partial charge in [0.05, 0.1) is 11.1 Å². The van der Waals surface area contributed by atoms with E-state index in [1.165, 1.54) is 0 Å². The number of nitrogens with zero attached hydrogens (tertiary/aromatic N) is 1. The molecule has 4 aliphatic rings. The van der Waals surface area contributed by atoms with Gasteiger partial charge in [0.25, 0.3) is 11.8 Å². The van der Waals surface area contributed by atoms with Crippen LogP contribution in [0.4, 0.5) is 0 Å². The fourth-order valence-electron chi connectivity index (χ4n) is 3.15. The zero-order valence-electron chi connectivity index (χ0n) is 11.2. The number of imide groups is 2. The number of rotatable bonds is 1. The molecule has 1 aliphatic carbocycles. The molecule has 0 saturated carbocycles. The van der Waals surface area contributed by atoms with E-state index in [1.807, 2.05) is 6.92 Å². The molecule has 0 aromatic rings. The minimum absolute atomic E-state index is 0.117. The Kier molecular flexibility index (Phi) is 2.18. The van der Waals surface area contributed by atoms with Crippen molar-refractivity contribution < 1.29 is 23.9 Å². The number of hydrogen-bond acceptors (Lipinski definition) is 5. The standard InChI is InChI=1S/C14H12N2O5/c1-14-5-4-6-9(10(14)21-14)13(20)16(12(6)19)7-2-3-8(17)15-11(7)18/h4-5,7,10H,2-3H2,1H3,(H,15,17,18). The molecule has 21 heavy (non-hydrogen) atoms. The van der Waals surface area contributed by atoms with E-state index in [-0.39, 0.29) is 18.7 Å². The van der Waals surface area contributed by atoms with Gasteiger partial charge in [-0.15, -0.1) is 0 Å². The largest absolute Gasteiger partial charge is 0.357 e. The van der Waals surface area contributed by atoms with Gasteiger partial charge in [0.1, 0.15) is 17.7 Å². The SMILES string of the molecule is CC12C=CC3=C(C(=O)N(C4CCC(=O)NC4=O)C3=O)C1O2. The number of carbonyl (C=O) groups is 4. The lowest BCUT2D eigenvalue weighted by Gasteiger charge is -2.28. The maximum atomic E-state index is 12.5. The van der Waals surface area contributed by atoms with Crippen molar-refractivity contribution in [3.8, 4) is 0 Å². The van der Waals surface area contributed by atoms with E-state index in [0.717, 1.165) is 4.90 Å². The third-order valence-electron chi connectivity index (χ3n) is 4.39. The number of carbonyl (C=O) groups excluding carboxylic acids is 4. The van der Waals surface area contributed by atoms with Gasteiger partial charge in [-0.1, -0.05) is 0 Å². The highest BCUT2D eigenvalue weighted by Gasteiger charge is 2.61. The van der Waals surface area contributed by atoms with Gasteiger partial charge in [-0.05, 0) is 25.5 Å². The number of amides is 4. The lowest BCUT2D eigenvalue weighted by molar-refractivity contribution is -0.150. The first-order chi connectivity index (χ1) is 9.92.